The van der Waals surface area contributed by atoms with Crippen molar-refractivity contribution in [1.82, 2.24) is 15.7 Å². The molecule has 0 spiro atoms. The molecule has 1 saturated heterocycles. The number of carboxylic acids is 1. The maximum absolute atomic E-state index is 12.7. The third-order valence-corrected chi connectivity index (χ3v) is 6.73. The first-order valence-electron chi connectivity index (χ1n) is 11.5. The lowest BCUT2D eigenvalue weighted by Crippen LogP contribution is -2.59. The zero-order valence-electron chi connectivity index (χ0n) is 18.6. The minimum atomic E-state index is -0.948. The Hall–Kier alpha value is -2.26. The molecular formula is C24H35N3O5. The van der Waals surface area contributed by atoms with E-state index in [0.29, 0.717) is 26.2 Å². The quantitative estimate of drug-likeness (QED) is 0.249. The molecule has 0 aromatic heterocycles. The SMILES string of the molecule is O=C(/C=C/c1ccc(CN[C@](CCN2CCOCC2)(C(=O)O)C2CCCCC2)cc1)NO. The van der Waals surface area contributed by atoms with E-state index < -0.39 is 17.4 Å². The fourth-order valence-corrected chi connectivity index (χ4v) is 4.76. The van der Waals surface area contributed by atoms with Gasteiger partial charge >= 0.3 is 5.97 Å². The molecule has 8 nitrogen and oxygen atoms in total. The molecule has 0 radical (unpaired) electrons. The summed E-state index contributed by atoms with van der Waals surface area (Å²) < 4.78 is 5.43. The van der Waals surface area contributed by atoms with Crippen molar-refractivity contribution in [2.75, 3.05) is 32.8 Å². The van der Waals surface area contributed by atoms with E-state index in [2.05, 4.69) is 10.2 Å². The Morgan fingerprint density at radius 2 is 1.81 bits per heavy atom. The summed E-state index contributed by atoms with van der Waals surface area (Å²) in [5.74, 6) is -1.23. The van der Waals surface area contributed by atoms with Gasteiger partial charge in [-0.05, 0) is 42.4 Å². The summed E-state index contributed by atoms with van der Waals surface area (Å²) in [5.41, 5.74) is 2.42. The molecule has 1 saturated carbocycles. The molecule has 8 heteroatoms. The second kappa shape index (κ2) is 12.1. The molecule has 4 N–H and O–H groups in total. The molecule has 0 unspecified atom stereocenters. The Morgan fingerprint density at radius 1 is 1.12 bits per heavy atom. The number of nitrogens with zero attached hydrogens (tertiary/aromatic N) is 1. The summed E-state index contributed by atoms with van der Waals surface area (Å²) in [5, 5.41) is 22.4. The monoisotopic (exact) mass is 445 g/mol. The van der Waals surface area contributed by atoms with Crippen LogP contribution < -0.4 is 10.8 Å². The van der Waals surface area contributed by atoms with E-state index in [9.17, 15) is 14.7 Å². The average Bonchev–Trinajstić information content (AvgIpc) is 2.84. The fourth-order valence-electron chi connectivity index (χ4n) is 4.76. The largest absolute Gasteiger partial charge is 0.480 e. The van der Waals surface area contributed by atoms with Crippen LogP contribution >= 0.6 is 0 Å². The smallest absolute Gasteiger partial charge is 0.324 e. The molecule has 1 atom stereocenters. The van der Waals surface area contributed by atoms with Crippen molar-refractivity contribution in [3.8, 4) is 0 Å². The summed E-state index contributed by atoms with van der Waals surface area (Å²) >= 11 is 0. The van der Waals surface area contributed by atoms with E-state index in [1.165, 1.54) is 12.5 Å². The molecule has 1 aromatic carbocycles. The van der Waals surface area contributed by atoms with Gasteiger partial charge in [-0.1, -0.05) is 43.5 Å². The van der Waals surface area contributed by atoms with Crippen molar-refractivity contribution in [3.63, 3.8) is 0 Å². The van der Waals surface area contributed by atoms with E-state index >= 15 is 0 Å². The minimum Gasteiger partial charge on any atom is -0.480 e. The number of morpholine rings is 1. The van der Waals surface area contributed by atoms with Gasteiger partial charge in [-0.15, -0.1) is 0 Å². The lowest BCUT2D eigenvalue weighted by atomic mass is 9.72. The third-order valence-electron chi connectivity index (χ3n) is 6.73. The topological polar surface area (TPSA) is 111 Å². The molecule has 32 heavy (non-hydrogen) atoms. The number of hydroxylamine groups is 1. The summed E-state index contributed by atoms with van der Waals surface area (Å²) in [6, 6.07) is 7.60. The summed E-state index contributed by atoms with van der Waals surface area (Å²) in [7, 11) is 0. The number of rotatable bonds is 10. The van der Waals surface area contributed by atoms with Gasteiger partial charge in [0.25, 0.3) is 5.91 Å². The van der Waals surface area contributed by atoms with Gasteiger partial charge in [0.2, 0.25) is 0 Å². The first-order valence-corrected chi connectivity index (χ1v) is 11.5. The van der Waals surface area contributed by atoms with Crippen LogP contribution in [0.25, 0.3) is 6.08 Å². The van der Waals surface area contributed by atoms with Crippen molar-refractivity contribution in [1.29, 1.82) is 0 Å². The Bertz CT molecular complexity index is 770. The Labute approximate surface area is 189 Å². The van der Waals surface area contributed by atoms with Gasteiger partial charge in [0.1, 0.15) is 5.54 Å². The maximum atomic E-state index is 12.7. The lowest BCUT2D eigenvalue weighted by Gasteiger charge is -2.41. The number of carbonyl (C=O) groups excluding carboxylic acids is 1. The second-order valence-corrected chi connectivity index (χ2v) is 8.72. The van der Waals surface area contributed by atoms with Crippen LogP contribution in [0.1, 0.15) is 49.7 Å². The van der Waals surface area contributed by atoms with Gasteiger partial charge in [-0.2, -0.15) is 0 Å². The molecule has 1 aromatic rings. The maximum Gasteiger partial charge on any atom is 0.324 e. The van der Waals surface area contributed by atoms with Crippen LogP contribution in [0.2, 0.25) is 0 Å². The predicted octanol–water partition coefficient (Wildman–Crippen LogP) is 2.42. The van der Waals surface area contributed by atoms with Crippen LogP contribution in [0.4, 0.5) is 0 Å². The van der Waals surface area contributed by atoms with Crippen molar-refractivity contribution < 1.29 is 24.6 Å². The lowest BCUT2D eigenvalue weighted by molar-refractivity contribution is -0.149. The van der Waals surface area contributed by atoms with Crippen LogP contribution in [-0.4, -0.2) is 65.5 Å². The highest BCUT2D eigenvalue weighted by molar-refractivity contribution is 5.90. The number of ether oxygens (including phenoxy) is 1. The predicted molar refractivity (Wildman–Crippen MR) is 121 cm³/mol. The molecule has 1 aliphatic heterocycles. The zero-order valence-corrected chi connectivity index (χ0v) is 18.6. The number of amides is 1. The van der Waals surface area contributed by atoms with Crippen LogP contribution in [0, 0.1) is 5.92 Å². The third kappa shape index (κ3) is 6.62. The molecule has 2 aliphatic rings. The summed E-state index contributed by atoms with van der Waals surface area (Å²) in [6.45, 7) is 4.32. The van der Waals surface area contributed by atoms with Gasteiger partial charge in [0, 0.05) is 32.3 Å². The van der Waals surface area contributed by atoms with E-state index in [1.807, 2.05) is 24.3 Å². The highest BCUT2D eigenvalue weighted by Gasteiger charge is 2.45. The number of aliphatic carboxylic acids is 1. The molecule has 0 bridgehead atoms. The van der Waals surface area contributed by atoms with Gasteiger partial charge in [-0.3, -0.25) is 25.0 Å². The minimum absolute atomic E-state index is 0.119. The Balaban J connectivity index is 1.70. The number of hydrogen-bond donors (Lipinski definition) is 4. The van der Waals surface area contributed by atoms with E-state index in [4.69, 9.17) is 9.94 Å². The molecule has 176 valence electrons. The number of carbonyl (C=O) groups is 2. The average molecular weight is 446 g/mol. The number of nitrogens with one attached hydrogen (secondary N) is 2. The van der Waals surface area contributed by atoms with Crippen LogP contribution in [0.15, 0.2) is 30.3 Å². The van der Waals surface area contributed by atoms with Crippen molar-refractivity contribution in [3.05, 3.63) is 41.5 Å². The first-order chi connectivity index (χ1) is 15.5. The van der Waals surface area contributed by atoms with E-state index in [0.717, 1.165) is 56.4 Å². The fraction of sp³-hybridized carbons (Fsp3) is 0.583. The highest BCUT2D eigenvalue weighted by Crippen LogP contribution is 2.36. The first kappa shape index (κ1) is 24.4. The molecule has 3 rings (SSSR count). The van der Waals surface area contributed by atoms with Crippen molar-refractivity contribution in [2.45, 2.75) is 50.6 Å². The van der Waals surface area contributed by atoms with Gasteiger partial charge in [0.15, 0.2) is 0 Å². The molecule has 1 aliphatic carbocycles. The second-order valence-electron chi connectivity index (χ2n) is 8.72. The van der Waals surface area contributed by atoms with Crippen LogP contribution in [0.3, 0.4) is 0 Å². The Kier molecular flexibility index (Phi) is 9.23. The van der Waals surface area contributed by atoms with E-state index in [1.54, 1.807) is 11.6 Å². The molecule has 2 fully saturated rings. The number of benzene rings is 1. The number of hydrogen-bond acceptors (Lipinski definition) is 6. The molecule has 1 heterocycles. The van der Waals surface area contributed by atoms with Gasteiger partial charge < -0.3 is 9.84 Å². The number of carboxylic acid groups (broad SMARTS) is 1. The van der Waals surface area contributed by atoms with Crippen LogP contribution in [0.5, 0.6) is 0 Å². The normalized spacial score (nSPS) is 20.2. The van der Waals surface area contributed by atoms with Crippen molar-refractivity contribution >= 4 is 18.0 Å². The standard InChI is InChI=1S/C24H35N3O5/c28-22(26-31)11-10-19-6-8-20(9-7-19)18-25-24(23(29)30,21-4-2-1-3-5-21)12-13-27-14-16-32-17-15-27/h6-11,21,25,31H,1-5,12-18H2,(H,26,28)(H,29,30)/b11-10+/t24-/m0/s1. The van der Waals surface area contributed by atoms with Gasteiger partial charge in [-0.25, -0.2) is 5.48 Å². The van der Waals surface area contributed by atoms with Crippen LogP contribution in [-0.2, 0) is 20.9 Å². The summed E-state index contributed by atoms with van der Waals surface area (Å²) in [4.78, 5) is 26.1. The van der Waals surface area contributed by atoms with E-state index in [-0.39, 0.29) is 5.92 Å². The van der Waals surface area contributed by atoms with Crippen molar-refractivity contribution in [2.24, 2.45) is 5.92 Å². The zero-order chi connectivity index (χ0) is 22.8. The highest BCUT2D eigenvalue weighted by atomic mass is 16.5. The van der Waals surface area contributed by atoms with Gasteiger partial charge in [0.05, 0.1) is 13.2 Å². The molecular weight excluding hydrogens is 410 g/mol. The molecule has 1 amide bonds. The Morgan fingerprint density at radius 3 is 2.44 bits per heavy atom. The summed E-state index contributed by atoms with van der Waals surface area (Å²) in [6.07, 6.45) is 8.66.